The SMILES string of the molecule is CCOC(=O)C1=C(C)N(C)C(=O)N[C@H]1c1c(C)nn(-c2ccccc2)c1C. The first-order valence-corrected chi connectivity index (χ1v) is 8.90. The maximum Gasteiger partial charge on any atom is 0.338 e. The minimum atomic E-state index is -0.606. The molecule has 142 valence electrons. The van der Waals surface area contributed by atoms with Gasteiger partial charge >= 0.3 is 12.0 Å². The molecule has 0 saturated carbocycles. The van der Waals surface area contributed by atoms with Crippen molar-refractivity contribution in [2.45, 2.75) is 33.7 Å². The van der Waals surface area contributed by atoms with Gasteiger partial charge in [0.15, 0.2) is 0 Å². The monoisotopic (exact) mass is 368 g/mol. The van der Waals surface area contributed by atoms with Crippen LogP contribution in [0.15, 0.2) is 41.6 Å². The minimum Gasteiger partial charge on any atom is -0.463 e. The van der Waals surface area contributed by atoms with Crippen LogP contribution >= 0.6 is 0 Å². The Morgan fingerprint density at radius 2 is 1.89 bits per heavy atom. The molecular weight excluding hydrogens is 344 g/mol. The highest BCUT2D eigenvalue weighted by Gasteiger charge is 2.37. The van der Waals surface area contributed by atoms with Gasteiger partial charge in [-0.1, -0.05) is 18.2 Å². The van der Waals surface area contributed by atoms with Crippen LogP contribution in [-0.4, -0.2) is 40.3 Å². The second-order valence-corrected chi connectivity index (χ2v) is 6.49. The number of ether oxygens (including phenoxy) is 1. The molecule has 0 fully saturated rings. The van der Waals surface area contributed by atoms with E-state index in [1.807, 2.05) is 48.9 Å². The number of carbonyl (C=O) groups excluding carboxylic acids is 2. The molecule has 0 aliphatic carbocycles. The lowest BCUT2D eigenvalue weighted by atomic mass is 9.93. The fraction of sp³-hybridized carbons (Fsp3) is 0.350. The minimum absolute atomic E-state index is 0.265. The van der Waals surface area contributed by atoms with Crippen LogP contribution in [0.25, 0.3) is 5.69 Å². The third kappa shape index (κ3) is 3.20. The number of carbonyl (C=O) groups is 2. The number of rotatable bonds is 4. The van der Waals surface area contributed by atoms with Gasteiger partial charge in [0, 0.05) is 24.0 Å². The maximum atomic E-state index is 12.7. The number of nitrogens with one attached hydrogen (secondary N) is 1. The molecule has 0 bridgehead atoms. The van der Waals surface area contributed by atoms with E-state index in [1.165, 1.54) is 4.90 Å². The van der Waals surface area contributed by atoms with E-state index < -0.39 is 12.0 Å². The number of hydrogen-bond donors (Lipinski definition) is 1. The Labute approximate surface area is 158 Å². The molecule has 7 nitrogen and oxygen atoms in total. The Balaban J connectivity index is 2.15. The number of para-hydroxylation sites is 1. The van der Waals surface area contributed by atoms with Gasteiger partial charge in [0.2, 0.25) is 0 Å². The lowest BCUT2D eigenvalue weighted by Crippen LogP contribution is -2.46. The summed E-state index contributed by atoms with van der Waals surface area (Å²) in [7, 11) is 1.63. The number of aromatic nitrogens is 2. The van der Waals surface area contributed by atoms with Gasteiger partial charge in [-0.3, -0.25) is 0 Å². The van der Waals surface area contributed by atoms with E-state index in [1.54, 1.807) is 20.9 Å². The largest absolute Gasteiger partial charge is 0.463 e. The average molecular weight is 368 g/mol. The summed E-state index contributed by atoms with van der Waals surface area (Å²) in [5.41, 5.74) is 4.35. The topological polar surface area (TPSA) is 76.5 Å². The third-order valence-electron chi connectivity index (χ3n) is 4.89. The molecule has 0 saturated heterocycles. The number of benzene rings is 1. The van der Waals surface area contributed by atoms with Gasteiger partial charge in [-0.2, -0.15) is 5.10 Å². The molecule has 0 radical (unpaired) electrons. The Kier molecular flexibility index (Phi) is 5.03. The fourth-order valence-electron chi connectivity index (χ4n) is 3.42. The molecule has 7 heteroatoms. The summed E-state index contributed by atoms with van der Waals surface area (Å²) >= 11 is 0. The summed E-state index contributed by atoms with van der Waals surface area (Å²) in [6.45, 7) is 7.60. The van der Waals surface area contributed by atoms with Gasteiger partial charge in [-0.05, 0) is 39.8 Å². The number of esters is 1. The summed E-state index contributed by atoms with van der Waals surface area (Å²) in [6.07, 6.45) is 0. The van der Waals surface area contributed by atoms with Crippen LogP contribution in [0.5, 0.6) is 0 Å². The summed E-state index contributed by atoms with van der Waals surface area (Å²) in [5.74, 6) is -0.432. The zero-order chi connectivity index (χ0) is 19.7. The Hall–Kier alpha value is -3.09. The number of urea groups is 1. The van der Waals surface area contributed by atoms with E-state index in [4.69, 9.17) is 4.74 Å². The van der Waals surface area contributed by atoms with E-state index in [0.29, 0.717) is 11.3 Å². The molecule has 0 spiro atoms. The van der Waals surface area contributed by atoms with Crippen LogP contribution in [0.3, 0.4) is 0 Å². The molecule has 2 aromatic rings. The van der Waals surface area contributed by atoms with E-state index in [0.717, 1.165) is 22.6 Å². The predicted octanol–water partition coefficient (Wildman–Crippen LogP) is 3.02. The lowest BCUT2D eigenvalue weighted by molar-refractivity contribution is -0.139. The predicted molar refractivity (Wildman–Crippen MR) is 101 cm³/mol. The van der Waals surface area contributed by atoms with E-state index in [-0.39, 0.29) is 12.6 Å². The first-order valence-electron chi connectivity index (χ1n) is 8.90. The molecule has 1 atom stereocenters. The number of allylic oxidation sites excluding steroid dienone is 1. The smallest absolute Gasteiger partial charge is 0.338 e. The van der Waals surface area contributed by atoms with Gasteiger partial charge in [-0.15, -0.1) is 0 Å². The molecule has 3 rings (SSSR count). The van der Waals surface area contributed by atoms with Crippen LogP contribution in [0.2, 0.25) is 0 Å². The van der Waals surface area contributed by atoms with Crippen molar-refractivity contribution >= 4 is 12.0 Å². The summed E-state index contributed by atoms with van der Waals surface area (Å²) in [4.78, 5) is 26.5. The first kappa shape index (κ1) is 18.7. The Bertz CT molecular complexity index is 915. The zero-order valence-electron chi connectivity index (χ0n) is 16.2. The first-order chi connectivity index (χ1) is 12.9. The molecule has 0 unspecified atom stereocenters. The molecule has 1 N–H and O–H groups in total. The van der Waals surface area contributed by atoms with Gasteiger partial charge < -0.3 is 15.0 Å². The lowest BCUT2D eigenvalue weighted by Gasteiger charge is -2.33. The van der Waals surface area contributed by atoms with E-state index >= 15 is 0 Å². The van der Waals surface area contributed by atoms with Crippen LogP contribution < -0.4 is 5.32 Å². The Morgan fingerprint density at radius 1 is 1.22 bits per heavy atom. The van der Waals surface area contributed by atoms with Crippen LogP contribution in [0, 0.1) is 13.8 Å². The quantitative estimate of drug-likeness (QED) is 0.842. The van der Waals surface area contributed by atoms with Crippen molar-refractivity contribution in [1.82, 2.24) is 20.0 Å². The number of nitrogens with zero attached hydrogens (tertiary/aromatic N) is 3. The molecule has 1 aliphatic heterocycles. The van der Waals surface area contributed by atoms with Crippen LogP contribution in [0.1, 0.15) is 36.8 Å². The zero-order valence-corrected chi connectivity index (χ0v) is 16.2. The third-order valence-corrected chi connectivity index (χ3v) is 4.89. The highest BCUT2D eigenvalue weighted by molar-refractivity contribution is 5.95. The van der Waals surface area contributed by atoms with Gasteiger partial charge in [0.1, 0.15) is 0 Å². The molecule has 1 aliphatic rings. The van der Waals surface area contributed by atoms with Crippen molar-refractivity contribution in [2.24, 2.45) is 0 Å². The maximum absolute atomic E-state index is 12.7. The second-order valence-electron chi connectivity index (χ2n) is 6.49. The molecule has 1 aromatic carbocycles. The fourth-order valence-corrected chi connectivity index (χ4v) is 3.42. The van der Waals surface area contributed by atoms with Crippen molar-refractivity contribution in [3.05, 3.63) is 58.6 Å². The van der Waals surface area contributed by atoms with Crippen LogP contribution in [-0.2, 0) is 9.53 Å². The van der Waals surface area contributed by atoms with Crippen LogP contribution in [0.4, 0.5) is 4.79 Å². The normalized spacial score (nSPS) is 17.1. The number of hydrogen-bond acceptors (Lipinski definition) is 4. The highest BCUT2D eigenvalue weighted by Crippen LogP contribution is 2.34. The molecular formula is C20H24N4O3. The second kappa shape index (κ2) is 7.26. The van der Waals surface area contributed by atoms with Gasteiger partial charge in [0.25, 0.3) is 0 Å². The van der Waals surface area contributed by atoms with E-state index in [2.05, 4.69) is 10.4 Å². The van der Waals surface area contributed by atoms with E-state index in [9.17, 15) is 9.59 Å². The molecule has 2 heterocycles. The summed E-state index contributed by atoms with van der Waals surface area (Å²) in [6, 6.07) is 8.88. The molecule has 27 heavy (non-hydrogen) atoms. The molecule has 1 aromatic heterocycles. The van der Waals surface area contributed by atoms with Crippen molar-refractivity contribution in [1.29, 1.82) is 0 Å². The summed E-state index contributed by atoms with van der Waals surface area (Å²) < 4.78 is 7.08. The Morgan fingerprint density at radius 3 is 2.52 bits per heavy atom. The highest BCUT2D eigenvalue weighted by atomic mass is 16.5. The molecule has 2 amide bonds. The van der Waals surface area contributed by atoms with Gasteiger partial charge in [0.05, 0.1) is 29.6 Å². The van der Waals surface area contributed by atoms with Crippen molar-refractivity contribution < 1.29 is 14.3 Å². The average Bonchev–Trinajstić information content (AvgIpc) is 2.94. The number of aryl methyl sites for hydroxylation is 1. The standard InChI is InChI=1S/C20H24N4O3/c1-6-27-19(25)17-13(3)23(5)20(26)21-18(17)16-12(2)22-24(14(16)4)15-10-8-7-9-11-15/h7-11,18H,6H2,1-5H3,(H,21,26)/t18-/m0/s1. The van der Waals surface area contributed by atoms with Crippen molar-refractivity contribution in [3.8, 4) is 5.69 Å². The van der Waals surface area contributed by atoms with Crippen molar-refractivity contribution in [3.63, 3.8) is 0 Å². The number of amides is 2. The summed E-state index contributed by atoms with van der Waals surface area (Å²) in [5, 5.41) is 7.57. The van der Waals surface area contributed by atoms with Gasteiger partial charge in [-0.25, -0.2) is 14.3 Å². The van der Waals surface area contributed by atoms with Crippen molar-refractivity contribution in [2.75, 3.05) is 13.7 Å².